The van der Waals surface area contributed by atoms with Gasteiger partial charge in [-0.1, -0.05) is 42.5 Å². The number of aromatic nitrogens is 3. The van der Waals surface area contributed by atoms with Crippen LogP contribution in [0.15, 0.2) is 59.5 Å². The van der Waals surface area contributed by atoms with Crippen LogP contribution in [0.2, 0.25) is 0 Å². The summed E-state index contributed by atoms with van der Waals surface area (Å²) >= 11 is 5.63. The van der Waals surface area contributed by atoms with Gasteiger partial charge in [-0.15, -0.1) is 0 Å². The second kappa shape index (κ2) is 8.99. The van der Waals surface area contributed by atoms with Crippen LogP contribution < -0.4 is 0 Å². The molecule has 7 nitrogen and oxygen atoms in total. The van der Waals surface area contributed by atoms with E-state index < -0.39 is 15.8 Å². The fraction of sp³-hybridized carbons (Fsp3) is 0.333. The molecule has 10 heteroatoms. The number of aryl methyl sites for hydroxylation is 1. The van der Waals surface area contributed by atoms with Gasteiger partial charge in [0.2, 0.25) is 10.0 Å². The van der Waals surface area contributed by atoms with Crippen molar-refractivity contribution in [2.24, 2.45) is 0 Å². The highest BCUT2D eigenvalue weighted by Gasteiger charge is 2.30. The van der Waals surface area contributed by atoms with Crippen LogP contribution in [0.25, 0.3) is 0 Å². The van der Waals surface area contributed by atoms with E-state index in [-0.39, 0.29) is 18.0 Å². The summed E-state index contributed by atoms with van der Waals surface area (Å²) in [7, 11) is -3.85. The van der Waals surface area contributed by atoms with E-state index in [0.717, 1.165) is 11.4 Å². The van der Waals surface area contributed by atoms with Crippen LogP contribution in [0, 0.1) is 17.5 Å². The predicted octanol–water partition coefficient (Wildman–Crippen LogP) is 2.87. The van der Waals surface area contributed by atoms with Gasteiger partial charge in [-0.3, -0.25) is 9.47 Å². The molecule has 2 heterocycles. The Balaban J connectivity index is 1.42. The van der Waals surface area contributed by atoms with Crippen LogP contribution in [0.3, 0.4) is 0 Å². The highest BCUT2D eigenvalue weighted by atomic mass is 32.2. The third-order valence-corrected chi connectivity index (χ3v) is 7.77. The summed E-state index contributed by atoms with van der Waals surface area (Å²) in [6.45, 7) is 4.66. The molecule has 1 aromatic heterocycles. The van der Waals surface area contributed by atoms with Crippen molar-refractivity contribution in [1.29, 1.82) is 0 Å². The molecule has 1 aliphatic rings. The number of benzene rings is 2. The van der Waals surface area contributed by atoms with Gasteiger partial charge in [-0.2, -0.15) is 9.40 Å². The Bertz CT molecular complexity index is 1220. The first-order valence-corrected chi connectivity index (χ1v) is 11.9. The van der Waals surface area contributed by atoms with Gasteiger partial charge in [-0.05, 0) is 36.8 Å². The van der Waals surface area contributed by atoms with Gasteiger partial charge in [0.25, 0.3) is 0 Å². The summed E-state index contributed by atoms with van der Waals surface area (Å²) in [6.07, 6.45) is 0. The van der Waals surface area contributed by atoms with Crippen molar-refractivity contribution in [2.75, 3.05) is 26.2 Å². The Morgan fingerprint density at radius 1 is 1.00 bits per heavy atom. The number of piperazine rings is 1. The monoisotopic (exact) mass is 461 g/mol. The van der Waals surface area contributed by atoms with Gasteiger partial charge in [0.1, 0.15) is 16.5 Å². The summed E-state index contributed by atoms with van der Waals surface area (Å²) in [6, 6.07) is 15.5. The maximum atomic E-state index is 14.0. The number of sulfonamides is 1. The first kappa shape index (κ1) is 21.8. The molecule has 1 fully saturated rings. The Kier molecular flexibility index (Phi) is 6.33. The van der Waals surface area contributed by atoms with E-state index in [4.69, 9.17) is 12.2 Å². The minimum atomic E-state index is -3.85. The Morgan fingerprint density at radius 2 is 1.65 bits per heavy atom. The minimum absolute atomic E-state index is 0.277. The molecular formula is C21H24FN5O2S2. The van der Waals surface area contributed by atoms with Crippen molar-refractivity contribution in [3.05, 3.63) is 76.6 Å². The standard InChI is InChI=1S/C21H24FN5O2S2/c1-17-23-27(21(30)26(17)15-18-7-3-2-4-8-18)16-24-11-13-25(14-12-24)31(28,29)20-10-6-5-9-19(20)22/h2-10H,11-16H2,1H3. The van der Waals surface area contributed by atoms with Crippen LogP contribution in [-0.4, -0.2) is 58.1 Å². The van der Waals surface area contributed by atoms with Crippen molar-refractivity contribution in [3.63, 3.8) is 0 Å². The van der Waals surface area contributed by atoms with E-state index in [1.807, 2.05) is 41.8 Å². The third kappa shape index (κ3) is 4.62. The largest absolute Gasteiger partial charge is 0.300 e. The molecule has 0 radical (unpaired) electrons. The topological polar surface area (TPSA) is 63.4 Å². The zero-order valence-electron chi connectivity index (χ0n) is 17.2. The Labute approximate surface area is 186 Å². The van der Waals surface area contributed by atoms with E-state index in [1.165, 1.54) is 28.6 Å². The lowest BCUT2D eigenvalue weighted by Gasteiger charge is -2.33. The summed E-state index contributed by atoms with van der Waals surface area (Å²) in [4.78, 5) is 1.82. The normalized spacial score (nSPS) is 15.9. The molecule has 3 aromatic rings. The molecule has 0 atom stereocenters. The van der Waals surface area contributed by atoms with E-state index in [2.05, 4.69) is 10.00 Å². The van der Waals surface area contributed by atoms with Gasteiger partial charge < -0.3 is 0 Å². The van der Waals surface area contributed by atoms with Crippen molar-refractivity contribution < 1.29 is 12.8 Å². The Morgan fingerprint density at radius 3 is 2.32 bits per heavy atom. The SMILES string of the molecule is Cc1nn(CN2CCN(S(=O)(=O)c3ccccc3F)CC2)c(=S)n1Cc1ccccc1. The van der Waals surface area contributed by atoms with E-state index >= 15 is 0 Å². The molecular weight excluding hydrogens is 437 g/mol. The van der Waals surface area contributed by atoms with Crippen molar-refractivity contribution in [3.8, 4) is 0 Å². The number of rotatable bonds is 6. The van der Waals surface area contributed by atoms with Crippen molar-refractivity contribution in [1.82, 2.24) is 23.6 Å². The summed E-state index contributed by atoms with van der Waals surface area (Å²) < 4.78 is 45.3. The van der Waals surface area contributed by atoms with Gasteiger partial charge in [-0.25, -0.2) is 17.5 Å². The van der Waals surface area contributed by atoms with E-state index in [0.29, 0.717) is 31.1 Å². The lowest BCUT2D eigenvalue weighted by molar-refractivity contribution is 0.144. The Hall–Kier alpha value is -2.40. The van der Waals surface area contributed by atoms with Crippen molar-refractivity contribution in [2.45, 2.75) is 25.0 Å². The minimum Gasteiger partial charge on any atom is -0.300 e. The van der Waals surface area contributed by atoms with Gasteiger partial charge in [0.15, 0.2) is 4.77 Å². The molecule has 1 saturated heterocycles. The lowest BCUT2D eigenvalue weighted by atomic mass is 10.2. The molecule has 31 heavy (non-hydrogen) atoms. The molecule has 0 amide bonds. The molecule has 0 spiro atoms. The highest BCUT2D eigenvalue weighted by molar-refractivity contribution is 7.89. The molecule has 164 valence electrons. The number of halogens is 1. The molecule has 0 bridgehead atoms. The number of nitrogens with zero attached hydrogens (tertiary/aromatic N) is 5. The first-order chi connectivity index (χ1) is 14.9. The molecule has 4 rings (SSSR count). The smallest absolute Gasteiger partial charge is 0.246 e. The van der Waals surface area contributed by atoms with Crippen LogP contribution in [-0.2, 0) is 23.2 Å². The number of hydrogen-bond acceptors (Lipinski definition) is 5. The predicted molar refractivity (Wildman–Crippen MR) is 118 cm³/mol. The second-order valence-electron chi connectivity index (χ2n) is 7.50. The summed E-state index contributed by atoms with van der Waals surface area (Å²) in [5.41, 5.74) is 1.15. The van der Waals surface area contributed by atoms with Crippen LogP contribution in [0.1, 0.15) is 11.4 Å². The van der Waals surface area contributed by atoms with E-state index in [9.17, 15) is 12.8 Å². The van der Waals surface area contributed by atoms with Gasteiger partial charge >= 0.3 is 0 Å². The molecule has 1 aliphatic heterocycles. The zero-order chi connectivity index (χ0) is 22.0. The maximum Gasteiger partial charge on any atom is 0.246 e. The lowest BCUT2D eigenvalue weighted by Crippen LogP contribution is -2.49. The van der Waals surface area contributed by atoms with Gasteiger partial charge in [0, 0.05) is 26.2 Å². The molecule has 2 aromatic carbocycles. The maximum absolute atomic E-state index is 14.0. The first-order valence-electron chi connectivity index (χ1n) is 10.0. The molecule has 0 unspecified atom stereocenters. The fourth-order valence-corrected chi connectivity index (χ4v) is 5.47. The highest BCUT2D eigenvalue weighted by Crippen LogP contribution is 2.20. The molecule has 0 aliphatic carbocycles. The quantitative estimate of drug-likeness (QED) is 0.529. The summed E-state index contributed by atoms with van der Waals surface area (Å²) in [5, 5.41) is 4.58. The number of hydrogen-bond donors (Lipinski definition) is 0. The van der Waals surface area contributed by atoms with Crippen LogP contribution in [0.5, 0.6) is 0 Å². The van der Waals surface area contributed by atoms with E-state index in [1.54, 1.807) is 4.68 Å². The second-order valence-corrected chi connectivity index (χ2v) is 9.77. The van der Waals surface area contributed by atoms with Crippen molar-refractivity contribution >= 4 is 22.2 Å². The molecule has 0 N–H and O–H groups in total. The van der Waals surface area contributed by atoms with Crippen LogP contribution in [0.4, 0.5) is 4.39 Å². The average Bonchev–Trinajstić information content (AvgIpc) is 3.02. The summed E-state index contributed by atoms with van der Waals surface area (Å²) in [5.74, 6) is 0.102. The zero-order valence-corrected chi connectivity index (χ0v) is 18.8. The van der Waals surface area contributed by atoms with Crippen LogP contribution >= 0.6 is 12.2 Å². The fourth-order valence-electron chi connectivity index (χ4n) is 3.68. The molecule has 0 saturated carbocycles. The average molecular weight is 462 g/mol. The third-order valence-electron chi connectivity index (χ3n) is 5.41. The van der Waals surface area contributed by atoms with Gasteiger partial charge in [0.05, 0.1) is 13.2 Å².